The van der Waals surface area contributed by atoms with Crippen LogP contribution in [0.1, 0.15) is 13.3 Å². The fourth-order valence-corrected chi connectivity index (χ4v) is 1.81. The Labute approximate surface area is 114 Å². The van der Waals surface area contributed by atoms with E-state index in [1.807, 2.05) is 14.0 Å². The number of nitrogens with one attached hydrogen (secondary N) is 2. The molecule has 0 saturated carbocycles. The van der Waals surface area contributed by atoms with Crippen LogP contribution in [0.3, 0.4) is 0 Å². The summed E-state index contributed by atoms with van der Waals surface area (Å²) in [7, 11) is 4.99. The summed E-state index contributed by atoms with van der Waals surface area (Å²) >= 11 is 0. The summed E-state index contributed by atoms with van der Waals surface area (Å²) in [5.74, 6) is 1.21. The molecule has 0 heterocycles. The van der Waals surface area contributed by atoms with E-state index in [9.17, 15) is 4.79 Å². The van der Waals surface area contributed by atoms with Crippen LogP contribution in [0.15, 0.2) is 18.2 Å². The molecular weight excluding hydrogens is 244 g/mol. The van der Waals surface area contributed by atoms with Gasteiger partial charge in [-0.15, -0.1) is 0 Å². The average molecular weight is 266 g/mol. The van der Waals surface area contributed by atoms with Crippen molar-refractivity contribution in [3.8, 4) is 11.5 Å². The first-order valence-corrected chi connectivity index (χ1v) is 6.33. The molecule has 1 aromatic carbocycles. The van der Waals surface area contributed by atoms with Crippen LogP contribution in [0.25, 0.3) is 0 Å². The molecular formula is C14H22N2O3. The molecule has 1 rings (SSSR count). The lowest BCUT2D eigenvalue weighted by atomic mass is 10.1. The first-order valence-electron chi connectivity index (χ1n) is 6.33. The number of amides is 1. The maximum absolute atomic E-state index is 12.1. The Morgan fingerprint density at radius 2 is 2.05 bits per heavy atom. The van der Waals surface area contributed by atoms with Crippen molar-refractivity contribution in [1.29, 1.82) is 0 Å². The molecule has 0 aliphatic rings. The van der Waals surface area contributed by atoms with Gasteiger partial charge in [0, 0.05) is 12.6 Å². The van der Waals surface area contributed by atoms with Gasteiger partial charge >= 0.3 is 0 Å². The number of anilines is 1. The third-order valence-corrected chi connectivity index (χ3v) is 2.98. The number of methoxy groups -OCH3 is 2. The van der Waals surface area contributed by atoms with Crippen molar-refractivity contribution in [1.82, 2.24) is 5.32 Å². The van der Waals surface area contributed by atoms with Gasteiger partial charge in [0.15, 0.2) is 0 Å². The molecule has 0 aliphatic heterocycles. The van der Waals surface area contributed by atoms with Gasteiger partial charge in [0.25, 0.3) is 0 Å². The zero-order chi connectivity index (χ0) is 14.3. The summed E-state index contributed by atoms with van der Waals surface area (Å²) in [5.41, 5.74) is 0.655. The second-order valence-corrected chi connectivity index (χ2v) is 4.22. The van der Waals surface area contributed by atoms with Gasteiger partial charge in [0.2, 0.25) is 5.91 Å². The summed E-state index contributed by atoms with van der Waals surface area (Å²) in [6.07, 6.45) is 0.783. The van der Waals surface area contributed by atoms with Crippen LogP contribution in [-0.2, 0) is 4.79 Å². The molecule has 0 bridgehead atoms. The van der Waals surface area contributed by atoms with Crippen LogP contribution >= 0.6 is 0 Å². The fourth-order valence-electron chi connectivity index (χ4n) is 1.81. The first kappa shape index (κ1) is 15.3. The first-order chi connectivity index (χ1) is 9.15. The summed E-state index contributed by atoms with van der Waals surface area (Å²) < 4.78 is 10.4. The van der Waals surface area contributed by atoms with Crippen molar-refractivity contribution < 1.29 is 14.3 Å². The minimum absolute atomic E-state index is 0.0136. The van der Waals surface area contributed by atoms with Crippen LogP contribution in [0.5, 0.6) is 11.5 Å². The average Bonchev–Trinajstić information content (AvgIpc) is 2.44. The van der Waals surface area contributed by atoms with Gasteiger partial charge in [-0.3, -0.25) is 4.79 Å². The number of hydrogen-bond acceptors (Lipinski definition) is 4. The van der Waals surface area contributed by atoms with Crippen molar-refractivity contribution in [2.75, 3.05) is 33.1 Å². The number of benzene rings is 1. The molecule has 1 aromatic rings. The van der Waals surface area contributed by atoms with E-state index >= 15 is 0 Å². The van der Waals surface area contributed by atoms with E-state index < -0.39 is 0 Å². The third-order valence-electron chi connectivity index (χ3n) is 2.98. The van der Waals surface area contributed by atoms with Crippen molar-refractivity contribution in [2.24, 2.45) is 5.92 Å². The molecule has 1 amide bonds. The third kappa shape index (κ3) is 4.13. The smallest absolute Gasteiger partial charge is 0.228 e. The Bertz CT molecular complexity index is 421. The monoisotopic (exact) mass is 266 g/mol. The number of carbonyl (C=O) groups excluding carboxylic acids is 1. The standard InChI is InChI=1S/C14H22N2O3/c1-5-10(9-15-2)14(17)16-12-7-6-11(18-3)8-13(12)19-4/h6-8,10,15H,5,9H2,1-4H3,(H,16,17). The summed E-state index contributed by atoms with van der Waals surface area (Å²) in [6.45, 7) is 2.65. The molecule has 0 spiro atoms. The topological polar surface area (TPSA) is 59.6 Å². The lowest BCUT2D eigenvalue weighted by Crippen LogP contribution is -2.30. The van der Waals surface area contributed by atoms with Crippen LogP contribution in [0, 0.1) is 5.92 Å². The second kappa shape index (κ2) is 7.63. The van der Waals surface area contributed by atoms with Crippen LogP contribution in [0.2, 0.25) is 0 Å². The maximum Gasteiger partial charge on any atom is 0.228 e. The number of carbonyl (C=O) groups is 1. The molecule has 1 atom stereocenters. The zero-order valence-corrected chi connectivity index (χ0v) is 11.9. The van der Waals surface area contributed by atoms with E-state index in [0.717, 1.165) is 6.42 Å². The summed E-state index contributed by atoms with van der Waals surface area (Å²) in [4.78, 5) is 12.1. The molecule has 0 aromatic heterocycles. The van der Waals surface area contributed by atoms with Crippen LogP contribution < -0.4 is 20.1 Å². The normalized spacial score (nSPS) is 11.8. The Morgan fingerprint density at radius 1 is 1.32 bits per heavy atom. The Kier molecular flexibility index (Phi) is 6.15. The molecule has 1 unspecified atom stereocenters. The minimum atomic E-state index is -0.0585. The van der Waals surface area contributed by atoms with Crippen molar-refractivity contribution in [3.05, 3.63) is 18.2 Å². The lowest BCUT2D eigenvalue weighted by Gasteiger charge is -2.16. The number of rotatable bonds is 7. The Morgan fingerprint density at radius 3 is 2.58 bits per heavy atom. The largest absolute Gasteiger partial charge is 0.497 e. The highest BCUT2D eigenvalue weighted by molar-refractivity contribution is 5.94. The van der Waals surface area contributed by atoms with Gasteiger partial charge in [0.05, 0.1) is 25.8 Å². The number of hydrogen-bond donors (Lipinski definition) is 2. The van der Waals surface area contributed by atoms with Gasteiger partial charge in [-0.2, -0.15) is 0 Å². The highest BCUT2D eigenvalue weighted by Gasteiger charge is 2.17. The van der Waals surface area contributed by atoms with Crippen molar-refractivity contribution in [2.45, 2.75) is 13.3 Å². The van der Waals surface area contributed by atoms with Crippen LogP contribution in [-0.4, -0.2) is 33.7 Å². The van der Waals surface area contributed by atoms with E-state index in [-0.39, 0.29) is 11.8 Å². The lowest BCUT2D eigenvalue weighted by molar-refractivity contribution is -0.119. The summed E-state index contributed by atoms with van der Waals surface area (Å²) in [6, 6.07) is 5.31. The molecule has 5 heteroatoms. The Balaban J connectivity index is 2.83. The van der Waals surface area contributed by atoms with Gasteiger partial charge in [-0.1, -0.05) is 6.92 Å². The quantitative estimate of drug-likeness (QED) is 0.791. The predicted octanol–water partition coefficient (Wildman–Crippen LogP) is 1.89. The van der Waals surface area contributed by atoms with E-state index in [2.05, 4.69) is 10.6 Å². The molecule has 0 aliphatic carbocycles. The molecule has 2 N–H and O–H groups in total. The predicted molar refractivity (Wildman–Crippen MR) is 75.9 cm³/mol. The van der Waals surface area contributed by atoms with Crippen LogP contribution in [0.4, 0.5) is 5.69 Å². The molecule has 19 heavy (non-hydrogen) atoms. The molecule has 0 radical (unpaired) electrons. The minimum Gasteiger partial charge on any atom is -0.497 e. The van der Waals surface area contributed by atoms with Gasteiger partial charge < -0.3 is 20.1 Å². The SMILES string of the molecule is CCC(CNC)C(=O)Nc1ccc(OC)cc1OC. The van der Waals surface area contributed by atoms with E-state index in [1.165, 1.54) is 0 Å². The van der Waals surface area contributed by atoms with Crippen molar-refractivity contribution in [3.63, 3.8) is 0 Å². The maximum atomic E-state index is 12.1. The second-order valence-electron chi connectivity index (χ2n) is 4.22. The van der Waals surface area contributed by atoms with E-state index in [1.54, 1.807) is 32.4 Å². The van der Waals surface area contributed by atoms with Gasteiger partial charge in [-0.05, 0) is 25.6 Å². The van der Waals surface area contributed by atoms with Gasteiger partial charge in [-0.25, -0.2) is 0 Å². The molecule has 5 nitrogen and oxygen atoms in total. The molecule has 106 valence electrons. The molecule has 0 fully saturated rings. The highest BCUT2D eigenvalue weighted by Crippen LogP contribution is 2.29. The Hall–Kier alpha value is -1.75. The van der Waals surface area contributed by atoms with Gasteiger partial charge in [0.1, 0.15) is 11.5 Å². The summed E-state index contributed by atoms with van der Waals surface area (Å²) in [5, 5.41) is 5.91. The number of ether oxygens (including phenoxy) is 2. The molecule has 0 saturated heterocycles. The van der Waals surface area contributed by atoms with E-state index in [0.29, 0.717) is 23.7 Å². The van der Waals surface area contributed by atoms with E-state index in [4.69, 9.17) is 9.47 Å². The van der Waals surface area contributed by atoms with Crippen molar-refractivity contribution >= 4 is 11.6 Å². The highest BCUT2D eigenvalue weighted by atomic mass is 16.5. The fraction of sp³-hybridized carbons (Fsp3) is 0.500. The zero-order valence-electron chi connectivity index (χ0n) is 11.9.